The van der Waals surface area contributed by atoms with E-state index in [0.717, 1.165) is 16.7 Å². The van der Waals surface area contributed by atoms with E-state index in [2.05, 4.69) is 0 Å². The van der Waals surface area contributed by atoms with Crippen LogP contribution in [0.3, 0.4) is 0 Å². The molecule has 0 spiro atoms. The summed E-state index contributed by atoms with van der Waals surface area (Å²) < 4.78 is 19.1. The van der Waals surface area contributed by atoms with Crippen molar-refractivity contribution in [3.8, 4) is 0 Å². The monoisotopic (exact) mass is 563 g/mol. The fourth-order valence-corrected chi connectivity index (χ4v) is 5.58. The lowest BCUT2D eigenvalue weighted by molar-refractivity contribution is -0.216. The topological polar surface area (TPSA) is 131 Å². The molecule has 8 nitrogen and oxygen atoms in total. The van der Waals surface area contributed by atoms with Crippen molar-refractivity contribution in [1.82, 2.24) is 0 Å². The molecule has 2 aliphatic heterocycles. The maximum absolute atomic E-state index is 13.6. The van der Waals surface area contributed by atoms with Gasteiger partial charge >= 0.3 is 0 Å². The van der Waals surface area contributed by atoms with Gasteiger partial charge in [0.15, 0.2) is 0 Å². The first-order valence-corrected chi connectivity index (χ1v) is 13.7. The average Bonchev–Trinajstić information content (AvgIpc) is 3.00. The Balaban J connectivity index is 1.33. The molecule has 0 bridgehead atoms. The highest BCUT2D eigenvalue weighted by molar-refractivity contribution is 6.03. The second kappa shape index (κ2) is 12.6. The van der Waals surface area contributed by atoms with Gasteiger partial charge in [-0.05, 0) is 53.8 Å². The van der Waals surface area contributed by atoms with E-state index in [4.69, 9.17) is 4.74 Å². The maximum atomic E-state index is 13.6. The predicted molar refractivity (Wildman–Crippen MR) is 150 cm³/mol. The third kappa shape index (κ3) is 6.11. The van der Waals surface area contributed by atoms with Gasteiger partial charge in [0.25, 0.3) is 0 Å². The SMILES string of the molecule is O=C1[C@H](CC[C@H](O)c2ccccc2)[C@@H](c2ccc(/C=C/[C@@H]3O[C@H](CO)[C@@H](O)[C@H](O)[C@H]3O)cc2)N1c1ccc(F)cc1. The largest absolute Gasteiger partial charge is 0.394 e. The minimum atomic E-state index is -1.45. The Morgan fingerprint density at radius 1 is 0.902 bits per heavy atom. The van der Waals surface area contributed by atoms with E-state index in [1.165, 1.54) is 12.1 Å². The van der Waals surface area contributed by atoms with Crippen molar-refractivity contribution < 1.29 is 39.5 Å². The van der Waals surface area contributed by atoms with Gasteiger partial charge < -0.3 is 35.2 Å². The van der Waals surface area contributed by atoms with Crippen LogP contribution in [-0.2, 0) is 9.53 Å². The molecule has 2 saturated heterocycles. The first-order valence-electron chi connectivity index (χ1n) is 13.7. The lowest BCUT2D eigenvalue weighted by Gasteiger charge is -2.48. The highest BCUT2D eigenvalue weighted by Gasteiger charge is 2.48. The number of anilines is 1. The molecule has 5 rings (SSSR count). The Kier molecular flexibility index (Phi) is 8.94. The van der Waals surface area contributed by atoms with E-state index in [1.807, 2.05) is 54.6 Å². The molecular formula is C32H34FNO7. The zero-order valence-electron chi connectivity index (χ0n) is 22.3. The lowest BCUT2D eigenvalue weighted by Crippen LogP contribution is -2.57. The molecule has 3 aromatic carbocycles. The zero-order valence-corrected chi connectivity index (χ0v) is 22.3. The van der Waals surface area contributed by atoms with Crippen molar-refractivity contribution in [2.75, 3.05) is 11.5 Å². The second-order valence-corrected chi connectivity index (χ2v) is 10.6. The molecule has 41 heavy (non-hydrogen) atoms. The van der Waals surface area contributed by atoms with E-state index in [-0.39, 0.29) is 17.9 Å². The molecule has 1 amide bonds. The molecule has 0 aromatic heterocycles. The Labute approximate surface area is 237 Å². The zero-order chi connectivity index (χ0) is 29.1. The van der Waals surface area contributed by atoms with Crippen LogP contribution in [0, 0.1) is 11.7 Å². The molecule has 2 heterocycles. The quantitative estimate of drug-likeness (QED) is 0.253. The van der Waals surface area contributed by atoms with Crippen LogP contribution in [0.15, 0.2) is 84.9 Å². The number of halogens is 1. The first-order chi connectivity index (χ1) is 19.8. The number of nitrogens with zero attached hydrogens (tertiary/aromatic N) is 1. The summed E-state index contributed by atoms with van der Waals surface area (Å²) >= 11 is 0. The molecule has 0 radical (unpaired) electrons. The maximum Gasteiger partial charge on any atom is 0.233 e. The van der Waals surface area contributed by atoms with Crippen LogP contribution in [0.2, 0.25) is 0 Å². The number of aliphatic hydroxyl groups excluding tert-OH is 5. The van der Waals surface area contributed by atoms with E-state index >= 15 is 0 Å². The Hall–Kier alpha value is -3.44. The summed E-state index contributed by atoms with van der Waals surface area (Å²) in [5.74, 6) is -0.848. The number of carbonyl (C=O) groups is 1. The van der Waals surface area contributed by atoms with Crippen LogP contribution in [-0.4, -0.2) is 68.6 Å². The van der Waals surface area contributed by atoms with E-state index in [1.54, 1.807) is 29.2 Å². The van der Waals surface area contributed by atoms with Crippen LogP contribution in [0.4, 0.5) is 10.1 Å². The number of rotatable bonds is 9. The number of carbonyl (C=O) groups excluding carboxylic acids is 1. The first kappa shape index (κ1) is 29.1. The summed E-state index contributed by atoms with van der Waals surface area (Å²) in [6.07, 6.45) is -2.71. The van der Waals surface area contributed by atoms with Crippen molar-refractivity contribution in [3.05, 3.63) is 107 Å². The summed E-state index contributed by atoms with van der Waals surface area (Å²) in [7, 11) is 0. The molecule has 216 valence electrons. The number of hydrogen-bond donors (Lipinski definition) is 5. The van der Waals surface area contributed by atoms with Crippen molar-refractivity contribution in [2.45, 2.75) is 55.5 Å². The molecule has 0 aliphatic carbocycles. The fourth-order valence-electron chi connectivity index (χ4n) is 5.58. The molecular weight excluding hydrogens is 529 g/mol. The van der Waals surface area contributed by atoms with Crippen LogP contribution in [0.5, 0.6) is 0 Å². The van der Waals surface area contributed by atoms with Gasteiger partial charge in [0, 0.05) is 5.69 Å². The molecule has 2 aliphatic rings. The standard InChI is InChI=1S/C32H34FNO7/c33-22-11-13-23(14-12-22)34-28(24(32(34)40)15-16-25(36)20-4-2-1-3-5-20)21-9-6-19(7-10-21)8-17-26-29(37)31(39)30(38)27(18-35)41-26/h1-14,17,24-31,35-39H,15-16,18H2/b17-8+/t24-,25+,26+,27-,28-,29+,30-,31-/m1/s1. The Bertz CT molecular complexity index is 1330. The van der Waals surface area contributed by atoms with Crippen LogP contribution < -0.4 is 4.90 Å². The number of ether oxygens (including phenoxy) is 1. The molecule has 0 saturated carbocycles. The summed E-state index contributed by atoms with van der Waals surface area (Å²) in [6.45, 7) is -0.502. The van der Waals surface area contributed by atoms with Gasteiger partial charge in [-0.3, -0.25) is 4.79 Å². The minimum absolute atomic E-state index is 0.0894. The highest BCUT2D eigenvalue weighted by Crippen LogP contribution is 2.46. The normalized spacial score (nSPS) is 29.0. The van der Waals surface area contributed by atoms with Crippen molar-refractivity contribution in [2.24, 2.45) is 5.92 Å². The van der Waals surface area contributed by atoms with Gasteiger partial charge in [0.1, 0.15) is 36.3 Å². The summed E-state index contributed by atoms with van der Waals surface area (Å²) in [5.41, 5.74) is 3.02. The van der Waals surface area contributed by atoms with Crippen LogP contribution in [0.1, 0.15) is 41.7 Å². The lowest BCUT2D eigenvalue weighted by atomic mass is 9.78. The minimum Gasteiger partial charge on any atom is -0.394 e. The molecule has 3 aromatic rings. The second-order valence-electron chi connectivity index (χ2n) is 10.6. The number of hydrogen-bond acceptors (Lipinski definition) is 7. The Morgan fingerprint density at radius 2 is 1.59 bits per heavy atom. The highest BCUT2D eigenvalue weighted by atomic mass is 19.1. The Morgan fingerprint density at radius 3 is 2.24 bits per heavy atom. The van der Waals surface area contributed by atoms with Crippen molar-refractivity contribution in [3.63, 3.8) is 0 Å². The summed E-state index contributed by atoms with van der Waals surface area (Å²) in [5, 5.41) is 50.4. The summed E-state index contributed by atoms with van der Waals surface area (Å²) in [4.78, 5) is 15.0. The number of aliphatic hydroxyl groups is 5. The van der Waals surface area contributed by atoms with Crippen LogP contribution >= 0.6 is 0 Å². The van der Waals surface area contributed by atoms with Crippen molar-refractivity contribution >= 4 is 17.7 Å². The van der Waals surface area contributed by atoms with Gasteiger partial charge in [0.2, 0.25) is 5.91 Å². The van der Waals surface area contributed by atoms with Crippen molar-refractivity contribution in [1.29, 1.82) is 0 Å². The third-order valence-electron chi connectivity index (χ3n) is 7.94. The molecule has 5 N–H and O–H groups in total. The molecule has 2 fully saturated rings. The van der Waals surface area contributed by atoms with Gasteiger partial charge in [-0.25, -0.2) is 4.39 Å². The van der Waals surface area contributed by atoms with Gasteiger partial charge in [0.05, 0.1) is 24.7 Å². The number of β-lactam (4-membered cyclic amide) rings is 1. The fraction of sp³-hybridized carbons (Fsp3) is 0.344. The number of benzene rings is 3. The van der Waals surface area contributed by atoms with Gasteiger partial charge in [-0.1, -0.05) is 66.7 Å². The number of amides is 1. The van der Waals surface area contributed by atoms with Crippen LogP contribution in [0.25, 0.3) is 6.08 Å². The summed E-state index contributed by atoms with van der Waals surface area (Å²) in [6, 6.07) is 22.3. The molecule has 8 atom stereocenters. The smallest absolute Gasteiger partial charge is 0.233 e. The molecule has 9 heteroatoms. The van der Waals surface area contributed by atoms with E-state index in [9.17, 15) is 34.7 Å². The van der Waals surface area contributed by atoms with Gasteiger partial charge in [-0.2, -0.15) is 0 Å². The molecule has 0 unspecified atom stereocenters. The third-order valence-corrected chi connectivity index (χ3v) is 7.94. The average molecular weight is 564 g/mol. The predicted octanol–water partition coefficient (Wildman–Crippen LogP) is 2.90. The van der Waals surface area contributed by atoms with E-state index < -0.39 is 49.0 Å². The van der Waals surface area contributed by atoms with E-state index in [0.29, 0.717) is 18.5 Å². The van der Waals surface area contributed by atoms with Gasteiger partial charge in [-0.15, -0.1) is 0 Å².